The largest absolute Gasteiger partial charge is 0.435 e. The summed E-state index contributed by atoms with van der Waals surface area (Å²) in [6.07, 6.45) is 0. The molecule has 0 aliphatic heterocycles. The third-order valence-electron chi connectivity index (χ3n) is 3.02. The highest BCUT2D eigenvalue weighted by atomic mass is 19.3. The molecule has 7 heteroatoms. The van der Waals surface area contributed by atoms with Crippen molar-refractivity contribution >= 4 is 0 Å². The van der Waals surface area contributed by atoms with Crippen LogP contribution in [0.15, 0.2) is 28.7 Å². The van der Waals surface area contributed by atoms with Crippen molar-refractivity contribution in [2.75, 3.05) is 0 Å². The molecular weight excluding hydrogens is 280 g/mol. The van der Waals surface area contributed by atoms with Crippen LogP contribution in [-0.4, -0.2) is 16.8 Å². The van der Waals surface area contributed by atoms with Crippen molar-refractivity contribution in [2.24, 2.45) is 0 Å². The van der Waals surface area contributed by atoms with Gasteiger partial charge in [0, 0.05) is 13.0 Å². The first-order valence-corrected chi connectivity index (χ1v) is 6.56. The molecule has 1 heterocycles. The van der Waals surface area contributed by atoms with Crippen molar-refractivity contribution in [1.29, 1.82) is 0 Å². The van der Waals surface area contributed by atoms with E-state index in [2.05, 4.69) is 20.3 Å². The standard InChI is InChI=1S/C14H17F2N3O2/c1-8(17-9(2)13-19-18-10(3)20-13)11-4-6-12(7-5-11)21-14(15)16/h4-9,14,17H,1-3H3/t8-,9-/m0/s1. The first kappa shape index (κ1) is 15.4. The second-order valence-corrected chi connectivity index (χ2v) is 4.72. The van der Waals surface area contributed by atoms with Crippen LogP contribution in [0, 0.1) is 6.92 Å². The van der Waals surface area contributed by atoms with Crippen LogP contribution in [0.2, 0.25) is 0 Å². The number of ether oxygens (including phenoxy) is 1. The first-order chi connectivity index (χ1) is 9.95. The zero-order valence-electron chi connectivity index (χ0n) is 12.0. The van der Waals surface area contributed by atoms with Gasteiger partial charge in [-0.05, 0) is 31.5 Å². The van der Waals surface area contributed by atoms with E-state index in [0.717, 1.165) is 5.56 Å². The number of alkyl halides is 2. The molecule has 0 unspecified atom stereocenters. The lowest BCUT2D eigenvalue weighted by atomic mass is 10.1. The van der Waals surface area contributed by atoms with Gasteiger partial charge in [0.25, 0.3) is 0 Å². The molecule has 1 aromatic heterocycles. The van der Waals surface area contributed by atoms with Crippen molar-refractivity contribution in [3.63, 3.8) is 0 Å². The van der Waals surface area contributed by atoms with Gasteiger partial charge in [0.15, 0.2) is 0 Å². The number of hydrogen-bond acceptors (Lipinski definition) is 5. The van der Waals surface area contributed by atoms with Gasteiger partial charge in [-0.25, -0.2) is 0 Å². The Hall–Kier alpha value is -2.02. The molecule has 0 aliphatic carbocycles. The minimum atomic E-state index is -2.81. The molecule has 0 radical (unpaired) electrons. The first-order valence-electron chi connectivity index (χ1n) is 6.56. The molecule has 0 amide bonds. The van der Waals surface area contributed by atoms with Gasteiger partial charge in [-0.2, -0.15) is 8.78 Å². The Labute approximate surface area is 121 Å². The average molecular weight is 297 g/mol. The molecule has 2 atom stereocenters. The summed E-state index contributed by atoms with van der Waals surface area (Å²) in [5.74, 6) is 1.17. The SMILES string of the molecule is Cc1nnc([C@H](C)N[C@@H](C)c2ccc(OC(F)F)cc2)o1. The van der Waals surface area contributed by atoms with Crippen LogP contribution in [0.5, 0.6) is 5.75 Å². The molecule has 21 heavy (non-hydrogen) atoms. The molecule has 2 aromatic rings. The van der Waals surface area contributed by atoms with Crippen molar-refractivity contribution in [1.82, 2.24) is 15.5 Å². The minimum absolute atomic E-state index is 0.00666. The Morgan fingerprint density at radius 2 is 1.76 bits per heavy atom. The van der Waals surface area contributed by atoms with Gasteiger partial charge in [0.2, 0.25) is 11.8 Å². The smallest absolute Gasteiger partial charge is 0.387 e. The Bertz CT molecular complexity index is 572. The van der Waals surface area contributed by atoms with E-state index in [1.54, 1.807) is 19.1 Å². The van der Waals surface area contributed by atoms with Gasteiger partial charge in [-0.3, -0.25) is 5.32 Å². The van der Waals surface area contributed by atoms with Gasteiger partial charge >= 0.3 is 6.61 Å². The summed E-state index contributed by atoms with van der Waals surface area (Å²) < 4.78 is 33.8. The number of rotatable bonds is 6. The van der Waals surface area contributed by atoms with E-state index in [0.29, 0.717) is 11.8 Å². The average Bonchev–Trinajstić information content (AvgIpc) is 2.85. The fraction of sp³-hybridized carbons (Fsp3) is 0.429. The van der Waals surface area contributed by atoms with Gasteiger partial charge in [0.05, 0.1) is 6.04 Å². The molecule has 0 saturated heterocycles. The monoisotopic (exact) mass is 297 g/mol. The highest BCUT2D eigenvalue weighted by Crippen LogP contribution is 2.21. The molecule has 0 saturated carbocycles. The number of nitrogens with one attached hydrogen (secondary N) is 1. The Morgan fingerprint density at radius 3 is 2.29 bits per heavy atom. The Kier molecular flexibility index (Phi) is 4.85. The van der Waals surface area contributed by atoms with Crippen molar-refractivity contribution in [3.8, 4) is 5.75 Å². The predicted molar refractivity (Wildman–Crippen MR) is 72.1 cm³/mol. The summed E-state index contributed by atoms with van der Waals surface area (Å²) in [5, 5.41) is 11.0. The van der Waals surface area contributed by atoms with E-state index in [9.17, 15) is 8.78 Å². The predicted octanol–water partition coefficient (Wildman–Crippen LogP) is 3.39. The number of halogens is 2. The summed E-state index contributed by atoms with van der Waals surface area (Å²) >= 11 is 0. The third kappa shape index (κ3) is 4.22. The number of aromatic nitrogens is 2. The van der Waals surface area contributed by atoms with E-state index >= 15 is 0 Å². The van der Waals surface area contributed by atoms with E-state index < -0.39 is 6.61 Å². The van der Waals surface area contributed by atoms with Gasteiger partial charge in [-0.1, -0.05) is 12.1 Å². The molecule has 2 rings (SSSR count). The van der Waals surface area contributed by atoms with Crippen molar-refractivity contribution < 1.29 is 17.9 Å². The van der Waals surface area contributed by atoms with E-state index in [1.165, 1.54) is 12.1 Å². The Morgan fingerprint density at radius 1 is 1.10 bits per heavy atom. The molecule has 5 nitrogen and oxygen atoms in total. The fourth-order valence-electron chi connectivity index (χ4n) is 1.97. The van der Waals surface area contributed by atoms with Crippen molar-refractivity contribution in [2.45, 2.75) is 39.5 Å². The van der Waals surface area contributed by atoms with Crippen LogP contribution in [0.1, 0.15) is 43.3 Å². The van der Waals surface area contributed by atoms with Crippen LogP contribution in [-0.2, 0) is 0 Å². The maximum atomic E-state index is 12.1. The second-order valence-electron chi connectivity index (χ2n) is 4.72. The fourth-order valence-corrected chi connectivity index (χ4v) is 1.97. The maximum Gasteiger partial charge on any atom is 0.387 e. The summed E-state index contributed by atoms with van der Waals surface area (Å²) in [5.41, 5.74) is 0.944. The topological polar surface area (TPSA) is 60.2 Å². The number of nitrogens with zero attached hydrogens (tertiary/aromatic N) is 2. The van der Waals surface area contributed by atoms with Crippen LogP contribution < -0.4 is 10.1 Å². The zero-order valence-corrected chi connectivity index (χ0v) is 12.0. The van der Waals surface area contributed by atoms with Crippen LogP contribution in [0.3, 0.4) is 0 Å². The molecule has 0 aliphatic rings. The summed E-state index contributed by atoms with van der Waals surface area (Å²) in [6, 6.07) is 6.39. The second kappa shape index (κ2) is 6.62. The van der Waals surface area contributed by atoms with Crippen LogP contribution >= 0.6 is 0 Å². The van der Waals surface area contributed by atoms with Gasteiger partial charge in [0.1, 0.15) is 5.75 Å². The Balaban J connectivity index is 1.98. The highest BCUT2D eigenvalue weighted by Gasteiger charge is 2.16. The number of benzene rings is 1. The minimum Gasteiger partial charge on any atom is -0.435 e. The van der Waals surface area contributed by atoms with Crippen molar-refractivity contribution in [3.05, 3.63) is 41.6 Å². The lowest BCUT2D eigenvalue weighted by Gasteiger charge is -2.18. The molecule has 0 spiro atoms. The highest BCUT2D eigenvalue weighted by molar-refractivity contribution is 5.29. The number of hydrogen-bond donors (Lipinski definition) is 1. The normalized spacial score (nSPS) is 14.2. The van der Waals surface area contributed by atoms with E-state index in [4.69, 9.17) is 4.42 Å². The third-order valence-corrected chi connectivity index (χ3v) is 3.02. The maximum absolute atomic E-state index is 12.1. The van der Waals surface area contributed by atoms with Crippen LogP contribution in [0.25, 0.3) is 0 Å². The quantitative estimate of drug-likeness (QED) is 0.885. The lowest BCUT2D eigenvalue weighted by molar-refractivity contribution is -0.0498. The van der Waals surface area contributed by atoms with Gasteiger partial charge in [-0.15, -0.1) is 10.2 Å². The zero-order chi connectivity index (χ0) is 15.4. The molecule has 114 valence electrons. The number of aryl methyl sites for hydroxylation is 1. The van der Waals surface area contributed by atoms with E-state index in [-0.39, 0.29) is 17.8 Å². The van der Waals surface area contributed by atoms with Crippen LogP contribution in [0.4, 0.5) is 8.78 Å². The molecular formula is C14H17F2N3O2. The summed E-state index contributed by atoms with van der Waals surface area (Å²) in [7, 11) is 0. The van der Waals surface area contributed by atoms with Gasteiger partial charge < -0.3 is 9.15 Å². The summed E-state index contributed by atoms with van der Waals surface area (Å²) in [6.45, 7) is 2.79. The lowest BCUT2D eigenvalue weighted by Crippen LogP contribution is -2.22. The molecule has 1 aromatic carbocycles. The van der Waals surface area contributed by atoms with E-state index in [1.807, 2.05) is 13.8 Å². The summed E-state index contributed by atoms with van der Waals surface area (Å²) in [4.78, 5) is 0. The molecule has 1 N–H and O–H groups in total. The molecule has 0 fully saturated rings. The molecule has 0 bridgehead atoms.